The van der Waals surface area contributed by atoms with Gasteiger partial charge in [0.05, 0.1) is 25.0 Å². The predicted molar refractivity (Wildman–Crippen MR) is 107 cm³/mol. The monoisotopic (exact) mass is 394 g/mol. The molecule has 2 aromatic heterocycles. The molecule has 2 saturated heterocycles. The number of fused-ring (bicyclic) bond motifs is 1. The molecule has 0 aliphatic carbocycles. The molecule has 2 aliphatic heterocycles. The van der Waals surface area contributed by atoms with Gasteiger partial charge in [-0.05, 0) is 18.2 Å². The maximum absolute atomic E-state index is 12.8. The van der Waals surface area contributed by atoms with Crippen molar-refractivity contribution in [3.05, 3.63) is 42.4 Å². The van der Waals surface area contributed by atoms with Crippen molar-refractivity contribution >= 4 is 28.5 Å². The molecule has 1 aromatic carbocycles. The van der Waals surface area contributed by atoms with Gasteiger partial charge in [-0.25, -0.2) is 4.79 Å². The molecule has 3 amide bonds. The standard InChI is InChI=1S/C20H22N6O3/c1-23-5-6-25(20(23)28)14-9-21-26(12-14)15-10-24(11-15)19(27)18-7-13-3-4-16(29-2)8-17(13)22-18/h3-4,7-9,12,15,22H,5-6,10-11H2,1-2H3. The van der Waals surface area contributed by atoms with Crippen LogP contribution in [-0.2, 0) is 0 Å². The van der Waals surface area contributed by atoms with E-state index in [0.29, 0.717) is 31.9 Å². The van der Waals surface area contributed by atoms with Gasteiger partial charge in [0.15, 0.2) is 0 Å². The summed E-state index contributed by atoms with van der Waals surface area (Å²) in [4.78, 5) is 33.3. The van der Waals surface area contributed by atoms with Gasteiger partial charge in [0, 0.05) is 56.4 Å². The topological polar surface area (TPSA) is 86.7 Å². The number of methoxy groups -OCH3 is 1. The average Bonchev–Trinajstić information content (AvgIpc) is 3.39. The summed E-state index contributed by atoms with van der Waals surface area (Å²) in [6.45, 7) is 2.56. The van der Waals surface area contributed by atoms with Gasteiger partial charge >= 0.3 is 6.03 Å². The van der Waals surface area contributed by atoms with Gasteiger partial charge in [0.2, 0.25) is 0 Å². The number of rotatable bonds is 4. The Bertz CT molecular complexity index is 1100. The number of ether oxygens (including phenoxy) is 1. The number of carbonyl (C=O) groups is 2. The van der Waals surface area contributed by atoms with Crippen LogP contribution in [0.4, 0.5) is 10.5 Å². The normalized spacial score (nSPS) is 17.3. The molecule has 29 heavy (non-hydrogen) atoms. The number of aromatic amines is 1. The van der Waals surface area contributed by atoms with E-state index in [0.717, 1.165) is 22.3 Å². The van der Waals surface area contributed by atoms with E-state index in [4.69, 9.17) is 4.74 Å². The van der Waals surface area contributed by atoms with Gasteiger partial charge in [-0.1, -0.05) is 0 Å². The molecular formula is C20H22N6O3. The minimum Gasteiger partial charge on any atom is -0.497 e. The van der Waals surface area contributed by atoms with Crippen LogP contribution in [0.5, 0.6) is 5.75 Å². The van der Waals surface area contributed by atoms with E-state index in [-0.39, 0.29) is 18.0 Å². The van der Waals surface area contributed by atoms with Gasteiger partial charge in [-0.2, -0.15) is 5.10 Å². The van der Waals surface area contributed by atoms with Crippen LogP contribution in [0.15, 0.2) is 36.7 Å². The number of carbonyl (C=O) groups excluding carboxylic acids is 2. The summed E-state index contributed by atoms with van der Waals surface area (Å²) in [6, 6.07) is 7.67. The molecule has 2 fully saturated rings. The molecule has 0 radical (unpaired) electrons. The van der Waals surface area contributed by atoms with Gasteiger partial charge in [0.1, 0.15) is 11.4 Å². The first kappa shape index (κ1) is 17.6. The number of H-pyrrole nitrogens is 1. The first-order valence-electron chi connectivity index (χ1n) is 9.56. The zero-order valence-corrected chi connectivity index (χ0v) is 16.3. The predicted octanol–water partition coefficient (Wildman–Crippen LogP) is 1.94. The highest BCUT2D eigenvalue weighted by Gasteiger charge is 2.35. The average molecular weight is 394 g/mol. The molecule has 3 aromatic rings. The van der Waals surface area contributed by atoms with Crippen LogP contribution in [0, 0.1) is 0 Å². The number of amides is 3. The Morgan fingerprint density at radius 3 is 2.79 bits per heavy atom. The second-order valence-electron chi connectivity index (χ2n) is 7.53. The number of hydrogen-bond donors (Lipinski definition) is 1. The fraction of sp³-hybridized carbons (Fsp3) is 0.350. The smallest absolute Gasteiger partial charge is 0.324 e. The highest BCUT2D eigenvalue weighted by molar-refractivity contribution is 5.98. The largest absolute Gasteiger partial charge is 0.497 e. The van der Waals surface area contributed by atoms with Crippen LogP contribution in [-0.4, -0.2) is 76.8 Å². The fourth-order valence-corrected chi connectivity index (χ4v) is 3.86. The van der Waals surface area contributed by atoms with E-state index in [2.05, 4.69) is 10.1 Å². The van der Waals surface area contributed by atoms with Crippen molar-refractivity contribution in [3.8, 4) is 5.75 Å². The van der Waals surface area contributed by atoms with Gasteiger partial charge in [-0.3, -0.25) is 14.4 Å². The third kappa shape index (κ3) is 2.89. The second kappa shape index (κ2) is 6.54. The van der Waals surface area contributed by atoms with Gasteiger partial charge in [0.25, 0.3) is 5.91 Å². The van der Waals surface area contributed by atoms with Crippen molar-refractivity contribution in [2.75, 3.05) is 45.2 Å². The summed E-state index contributed by atoms with van der Waals surface area (Å²) < 4.78 is 7.08. The molecule has 1 N–H and O–H groups in total. The lowest BCUT2D eigenvalue weighted by molar-refractivity contribution is 0.0496. The van der Waals surface area contributed by atoms with Crippen LogP contribution in [0.25, 0.3) is 10.9 Å². The number of benzene rings is 1. The number of nitrogens with zero attached hydrogens (tertiary/aromatic N) is 5. The Labute approximate surface area is 167 Å². The molecule has 0 spiro atoms. The van der Waals surface area contributed by atoms with Crippen molar-refractivity contribution < 1.29 is 14.3 Å². The SMILES string of the molecule is COc1ccc2cc(C(=O)N3CC(n4cc(N5CCN(C)C5=O)cn4)C3)[nH]c2c1. The summed E-state index contributed by atoms with van der Waals surface area (Å²) in [5.41, 5.74) is 2.24. The third-order valence-electron chi connectivity index (χ3n) is 5.70. The Morgan fingerprint density at radius 1 is 1.24 bits per heavy atom. The molecule has 0 bridgehead atoms. The summed E-state index contributed by atoms with van der Waals surface area (Å²) in [6.07, 6.45) is 3.60. The highest BCUT2D eigenvalue weighted by atomic mass is 16.5. The first-order chi connectivity index (χ1) is 14.0. The van der Waals surface area contributed by atoms with Crippen molar-refractivity contribution in [1.29, 1.82) is 0 Å². The van der Waals surface area contributed by atoms with E-state index in [1.165, 1.54) is 0 Å². The van der Waals surface area contributed by atoms with E-state index in [9.17, 15) is 9.59 Å². The number of nitrogens with one attached hydrogen (secondary N) is 1. The molecule has 4 heterocycles. The zero-order valence-electron chi connectivity index (χ0n) is 16.3. The lowest BCUT2D eigenvalue weighted by Gasteiger charge is -2.38. The van der Waals surface area contributed by atoms with Gasteiger partial charge < -0.3 is 19.5 Å². The minimum atomic E-state index is -0.0276. The summed E-state index contributed by atoms with van der Waals surface area (Å²) in [7, 11) is 3.41. The highest BCUT2D eigenvalue weighted by Crippen LogP contribution is 2.27. The molecule has 2 aliphatic rings. The number of aromatic nitrogens is 3. The van der Waals surface area contributed by atoms with E-state index in [1.807, 2.05) is 35.1 Å². The van der Waals surface area contributed by atoms with Crippen molar-refractivity contribution in [1.82, 2.24) is 24.6 Å². The van der Waals surface area contributed by atoms with Crippen LogP contribution in [0.3, 0.4) is 0 Å². The Balaban J connectivity index is 1.25. The lowest BCUT2D eigenvalue weighted by Crippen LogP contribution is -2.51. The Morgan fingerprint density at radius 2 is 2.07 bits per heavy atom. The number of urea groups is 1. The van der Waals surface area contributed by atoms with Crippen molar-refractivity contribution in [3.63, 3.8) is 0 Å². The number of likely N-dealkylation sites (tertiary alicyclic amines) is 1. The van der Waals surface area contributed by atoms with E-state index < -0.39 is 0 Å². The van der Waals surface area contributed by atoms with Crippen molar-refractivity contribution in [2.45, 2.75) is 6.04 Å². The Hall–Kier alpha value is -3.49. The number of hydrogen-bond acceptors (Lipinski definition) is 4. The van der Waals surface area contributed by atoms with E-state index >= 15 is 0 Å². The van der Waals surface area contributed by atoms with E-state index in [1.54, 1.807) is 35.1 Å². The second-order valence-corrected chi connectivity index (χ2v) is 7.53. The molecule has 150 valence electrons. The maximum atomic E-state index is 12.8. The van der Waals surface area contributed by atoms with Crippen LogP contribution >= 0.6 is 0 Å². The van der Waals surface area contributed by atoms with Gasteiger partial charge in [-0.15, -0.1) is 0 Å². The minimum absolute atomic E-state index is 0.00888. The summed E-state index contributed by atoms with van der Waals surface area (Å²) >= 11 is 0. The first-order valence-corrected chi connectivity index (χ1v) is 9.56. The van der Waals surface area contributed by atoms with Crippen LogP contribution in [0.2, 0.25) is 0 Å². The Kier molecular flexibility index (Phi) is 3.97. The molecule has 5 rings (SSSR count). The molecular weight excluding hydrogens is 372 g/mol. The fourth-order valence-electron chi connectivity index (χ4n) is 3.86. The number of anilines is 1. The molecule has 0 unspecified atom stereocenters. The lowest BCUT2D eigenvalue weighted by atomic mass is 10.1. The van der Waals surface area contributed by atoms with Crippen LogP contribution < -0.4 is 9.64 Å². The third-order valence-corrected chi connectivity index (χ3v) is 5.70. The van der Waals surface area contributed by atoms with Crippen LogP contribution in [0.1, 0.15) is 16.5 Å². The summed E-state index contributed by atoms with van der Waals surface area (Å²) in [5, 5.41) is 5.38. The number of likely N-dealkylation sites (N-methyl/N-ethyl adjacent to an activating group) is 1. The van der Waals surface area contributed by atoms with Crippen molar-refractivity contribution in [2.24, 2.45) is 0 Å². The quantitative estimate of drug-likeness (QED) is 0.733. The molecule has 9 nitrogen and oxygen atoms in total. The zero-order chi connectivity index (χ0) is 20.1. The molecule has 9 heteroatoms. The molecule has 0 saturated carbocycles. The maximum Gasteiger partial charge on any atom is 0.324 e. The molecule has 0 atom stereocenters. The summed E-state index contributed by atoms with van der Waals surface area (Å²) in [5.74, 6) is 0.722.